The van der Waals surface area contributed by atoms with Crippen molar-refractivity contribution in [2.24, 2.45) is 0 Å². The molecule has 0 saturated carbocycles. The molecule has 4 heteroatoms. The van der Waals surface area contributed by atoms with Crippen molar-refractivity contribution in [2.75, 3.05) is 0 Å². The Morgan fingerprint density at radius 3 is 2.47 bits per heavy atom. The molecule has 17 heavy (non-hydrogen) atoms. The van der Waals surface area contributed by atoms with Crippen molar-refractivity contribution in [3.63, 3.8) is 0 Å². The second-order valence-electron chi connectivity index (χ2n) is 4.92. The van der Waals surface area contributed by atoms with Gasteiger partial charge in [0.2, 0.25) is 0 Å². The lowest BCUT2D eigenvalue weighted by atomic mass is 10.0. The highest BCUT2D eigenvalue weighted by Crippen LogP contribution is 2.33. The number of fused-ring (bicyclic) bond motifs is 2. The zero-order valence-electron chi connectivity index (χ0n) is 9.46. The Balaban J connectivity index is 1.70. The fraction of sp³-hybridized carbons (Fsp3) is 0.538. The van der Waals surface area contributed by atoms with Crippen molar-refractivity contribution in [3.8, 4) is 5.75 Å². The van der Waals surface area contributed by atoms with Crippen LogP contribution in [0.15, 0.2) is 18.2 Å². The first-order valence-electron chi connectivity index (χ1n) is 6.08. The van der Waals surface area contributed by atoms with Crippen LogP contribution in [-0.4, -0.2) is 18.2 Å². The molecule has 0 aromatic heterocycles. The second-order valence-corrected chi connectivity index (χ2v) is 5.77. The summed E-state index contributed by atoms with van der Waals surface area (Å²) in [6.45, 7) is 0. The molecule has 1 aromatic rings. The van der Waals surface area contributed by atoms with Gasteiger partial charge in [0, 0.05) is 17.1 Å². The van der Waals surface area contributed by atoms with Gasteiger partial charge in [-0.05, 0) is 43.9 Å². The van der Waals surface area contributed by atoms with Crippen molar-refractivity contribution >= 4 is 23.2 Å². The largest absolute Gasteiger partial charge is 0.489 e. The van der Waals surface area contributed by atoms with Crippen LogP contribution < -0.4 is 10.1 Å². The molecule has 92 valence electrons. The molecule has 2 nitrogen and oxygen atoms in total. The molecular formula is C13H15Cl2NO. The molecule has 2 unspecified atom stereocenters. The molecule has 0 aliphatic carbocycles. The van der Waals surface area contributed by atoms with Gasteiger partial charge < -0.3 is 10.1 Å². The van der Waals surface area contributed by atoms with Crippen LogP contribution in [0.5, 0.6) is 5.75 Å². The highest BCUT2D eigenvalue weighted by molar-refractivity contribution is 6.35. The summed E-state index contributed by atoms with van der Waals surface area (Å²) in [5.41, 5.74) is 0. The summed E-state index contributed by atoms with van der Waals surface area (Å²) in [5.74, 6) is 0.752. The van der Waals surface area contributed by atoms with Crippen molar-refractivity contribution < 1.29 is 4.74 Å². The fourth-order valence-electron chi connectivity index (χ4n) is 2.85. The summed E-state index contributed by atoms with van der Waals surface area (Å²) in [6.07, 6.45) is 5.00. The van der Waals surface area contributed by atoms with Crippen LogP contribution in [0.2, 0.25) is 10.0 Å². The SMILES string of the molecule is Clc1ccc(OC2CC3CCC(C2)N3)c(Cl)c1. The zero-order valence-corrected chi connectivity index (χ0v) is 11.0. The van der Waals surface area contributed by atoms with Gasteiger partial charge in [0.1, 0.15) is 11.9 Å². The quantitative estimate of drug-likeness (QED) is 0.887. The first-order chi connectivity index (χ1) is 8.20. The molecule has 2 atom stereocenters. The summed E-state index contributed by atoms with van der Waals surface area (Å²) >= 11 is 12.0. The molecule has 0 amide bonds. The van der Waals surface area contributed by atoms with Crippen LogP contribution >= 0.6 is 23.2 Å². The van der Waals surface area contributed by atoms with E-state index in [0.717, 1.165) is 18.6 Å². The van der Waals surface area contributed by atoms with E-state index >= 15 is 0 Å². The van der Waals surface area contributed by atoms with E-state index in [1.165, 1.54) is 12.8 Å². The molecule has 2 heterocycles. The predicted octanol–water partition coefficient (Wildman–Crippen LogP) is 3.66. The Kier molecular flexibility index (Phi) is 3.20. The Morgan fingerprint density at radius 2 is 1.82 bits per heavy atom. The highest BCUT2D eigenvalue weighted by Gasteiger charge is 2.34. The average Bonchev–Trinajstić information content (AvgIpc) is 2.62. The molecule has 0 radical (unpaired) electrons. The smallest absolute Gasteiger partial charge is 0.138 e. The van der Waals surface area contributed by atoms with E-state index in [4.69, 9.17) is 27.9 Å². The lowest BCUT2D eigenvalue weighted by Gasteiger charge is -2.29. The van der Waals surface area contributed by atoms with E-state index in [1.54, 1.807) is 6.07 Å². The Labute approximate surface area is 111 Å². The van der Waals surface area contributed by atoms with Gasteiger partial charge in [-0.3, -0.25) is 0 Å². The lowest BCUT2D eigenvalue weighted by molar-refractivity contribution is 0.137. The van der Waals surface area contributed by atoms with E-state index in [9.17, 15) is 0 Å². The minimum atomic E-state index is 0.285. The van der Waals surface area contributed by atoms with Crippen LogP contribution in [0.1, 0.15) is 25.7 Å². The predicted molar refractivity (Wildman–Crippen MR) is 70.1 cm³/mol. The molecule has 3 rings (SSSR count). The summed E-state index contributed by atoms with van der Waals surface area (Å²) in [5, 5.41) is 4.84. The zero-order chi connectivity index (χ0) is 11.8. The maximum atomic E-state index is 6.11. The van der Waals surface area contributed by atoms with Gasteiger partial charge in [0.05, 0.1) is 5.02 Å². The maximum absolute atomic E-state index is 6.11. The maximum Gasteiger partial charge on any atom is 0.138 e. The summed E-state index contributed by atoms with van der Waals surface area (Å²) in [7, 11) is 0. The van der Waals surface area contributed by atoms with Crippen molar-refractivity contribution in [1.29, 1.82) is 0 Å². The Morgan fingerprint density at radius 1 is 1.12 bits per heavy atom. The fourth-order valence-corrected chi connectivity index (χ4v) is 3.30. The number of halogens is 2. The van der Waals surface area contributed by atoms with E-state index in [1.807, 2.05) is 12.1 Å². The lowest BCUT2D eigenvalue weighted by Crippen LogP contribution is -2.42. The third-order valence-electron chi connectivity index (χ3n) is 3.62. The third kappa shape index (κ3) is 2.54. The molecule has 1 N–H and O–H groups in total. The van der Waals surface area contributed by atoms with Crippen molar-refractivity contribution in [2.45, 2.75) is 43.9 Å². The summed E-state index contributed by atoms with van der Waals surface area (Å²) < 4.78 is 5.99. The number of ether oxygens (including phenoxy) is 1. The van der Waals surface area contributed by atoms with Gasteiger partial charge in [-0.1, -0.05) is 23.2 Å². The number of hydrogen-bond donors (Lipinski definition) is 1. The minimum Gasteiger partial charge on any atom is -0.489 e. The van der Waals surface area contributed by atoms with Gasteiger partial charge in [-0.2, -0.15) is 0 Å². The molecule has 2 aliphatic heterocycles. The normalized spacial score (nSPS) is 31.5. The van der Waals surface area contributed by atoms with E-state index < -0.39 is 0 Å². The number of benzene rings is 1. The van der Waals surface area contributed by atoms with Crippen LogP contribution in [-0.2, 0) is 0 Å². The van der Waals surface area contributed by atoms with E-state index in [-0.39, 0.29) is 6.10 Å². The molecule has 1 aromatic carbocycles. The first-order valence-corrected chi connectivity index (χ1v) is 6.84. The first kappa shape index (κ1) is 11.6. The van der Waals surface area contributed by atoms with E-state index in [2.05, 4.69) is 5.32 Å². The van der Waals surface area contributed by atoms with Gasteiger partial charge in [0.25, 0.3) is 0 Å². The Hall–Kier alpha value is -0.440. The molecule has 2 fully saturated rings. The van der Waals surface area contributed by atoms with Gasteiger partial charge in [-0.15, -0.1) is 0 Å². The second kappa shape index (κ2) is 4.68. The van der Waals surface area contributed by atoms with Crippen LogP contribution in [0.4, 0.5) is 0 Å². The monoisotopic (exact) mass is 271 g/mol. The topological polar surface area (TPSA) is 21.3 Å². The third-order valence-corrected chi connectivity index (χ3v) is 4.15. The molecular weight excluding hydrogens is 257 g/mol. The number of rotatable bonds is 2. The molecule has 2 bridgehead atoms. The van der Waals surface area contributed by atoms with Gasteiger partial charge >= 0.3 is 0 Å². The molecule has 0 spiro atoms. The number of hydrogen-bond acceptors (Lipinski definition) is 2. The standard InChI is InChI=1S/C13H15Cl2NO/c14-8-1-4-13(12(15)5-8)17-11-6-9-2-3-10(7-11)16-9/h1,4-5,9-11,16H,2-3,6-7H2. The number of nitrogens with one attached hydrogen (secondary N) is 1. The minimum absolute atomic E-state index is 0.285. The molecule has 2 saturated heterocycles. The van der Waals surface area contributed by atoms with Crippen molar-refractivity contribution in [3.05, 3.63) is 28.2 Å². The number of piperidine rings is 1. The summed E-state index contributed by atoms with van der Waals surface area (Å²) in [4.78, 5) is 0. The summed E-state index contributed by atoms with van der Waals surface area (Å²) in [6, 6.07) is 6.66. The van der Waals surface area contributed by atoms with Gasteiger partial charge in [-0.25, -0.2) is 0 Å². The van der Waals surface area contributed by atoms with Crippen molar-refractivity contribution in [1.82, 2.24) is 5.32 Å². The van der Waals surface area contributed by atoms with Crippen LogP contribution in [0.25, 0.3) is 0 Å². The van der Waals surface area contributed by atoms with E-state index in [0.29, 0.717) is 22.1 Å². The highest BCUT2D eigenvalue weighted by atomic mass is 35.5. The Bertz CT molecular complexity index is 412. The van der Waals surface area contributed by atoms with Crippen LogP contribution in [0.3, 0.4) is 0 Å². The molecule has 2 aliphatic rings. The van der Waals surface area contributed by atoms with Crippen LogP contribution in [0, 0.1) is 0 Å². The average molecular weight is 272 g/mol. The van der Waals surface area contributed by atoms with Gasteiger partial charge in [0.15, 0.2) is 0 Å².